The van der Waals surface area contributed by atoms with Crippen LogP contribution in [0.5, 0.6) is 0 Å². The number of ether oxygens (including phenoxy) is 1. The Labute approximate surface area is 131 Å². The van der Waals surface area contributed by atoms with E-state index in [1.54, 1.807) is 0 Å². The molecular formula is C18H36N2O. The summed E-state index contributed by atoms with van der Waals surface area (Å²) in [5, 5.41) is 3.86. The quantitative estimate of drug-likeness (QED) is 0.858. The fourth-order valence-electron chi connectivity index (χ4n) is 3.85. The van der Waals surface area contributed by atoms with Crippen molar-refractivity contribution >= 4 is 0 Å². The van der Waals surface area contributed by atoms with Gasteiger partial charge in [0.1, 0.15) is 0 Å². The molecule has 1 aliphatic carbocycles. The summed E-state index contributed by atoms with van der Waals surface area (Å²) < 4.78 is 6.01. The average molecular weight is 296 g/mol. The Morgan fingerprint density at radius 3 is 2.38 bits per heavy atom. The highest BCUT2D eigenvalue weighted by atomic mass is 16.5. The van der Waals surface area contributed by atoms with Crippen LogP contribution in [0.4, 0.5) is 0 Å². The molecular weight excluding hydrogens is 260 g/mol. The fourth-order valence-corrected chi connectivity index (χ4v) is 3.85. The summed E-state index contributed by atoms with van der Waals surface area (Å²) in [6, 6.07) is 0. The zero-order valence-electron chi connectivity index (χ0n) is 14.9. The van der Waals surface area contributed by atoms with Crippen LogP contribution in [0.3, 0.4) is 0 Å². The SMILES string of the molecule is CCC1(C)CN(CCOC(C)(C)C)C2(CCCCC2)CN1. The number of piperazine rings is 1. The zero-order valence-corrected chi connectivity index (χ0v) is 14.9. The molecule has 1 aliphatic heterocycles. The molecule has 0 aromatic rings. The average Bonchev–Trinajstić information content (AvgIpc) is 2.43. The lowest BCUT2D eigenvalue weighted by Crippen LogP contribution is -2.69. The lowest BCUT2D eigenvalue weighted by molar-refractivity contribution is -0.0594. The summed E-state index contributed by atoms with van der Waals surface area (Å²) in [6.07, 6.45) is 8.10. The Morgan fingerprint density at radius 1 is 1.14 bits per heavy atom. The molecule has 0 aromatic heterocycles. The molecule has 2 rings (SSSR count). The molecule has 1 saturated carbocycles. The molecule has 3 heteroatoms. The molecule has 1 saturated heterocycles. The Hall–Kier alpha value is -0.120. The van der Waals surface area contributed by atoms with Gasteiger partial charge in [-0.15, -0.1) is 0 Å². The van der Waals surface area contributed by atoms with Crippen LogP contribution in [-0.2, 0) is 4.74 Å². The van der Waals surface area contributed by atoms with Gasteiger partial charge in [0, 0.05) is 30.7 Å². The van der Waals surface area contributed by atoms with Gasteiger partial charge in [0.25, 0.3) is 0 Å². The lowest BCUT2D eigenvalue weighted by Gasteiger charge is -2.55. The second-order valence-electron chi connectivity index (χ2n) is 8.44. The lowest BCUT2D eigenvalue weighted by atomic mass is 9.76. The molecule has 124 valence electrons. The van der Waals surface area contributed by atoms with Crippen molar-refractivity contribution in [3.63, 3.8) is 0 Å². The first-order valence-electron chi connectivity index (χ1n) is 8.93. The first kappa shape index (κ1) is 17.2. The van der Waals surface area contributed by atoms with E-state index in [2.05, 4.69) is 44.8 Å². The molecule has 2 fully saturated rings. The van der Waals surface area contributed by atoms with Gasteiger partial charge in [-0.3, -0.25) is 4.90 Å². The predicted molar refractivity (Wildman–Crippen MR) is 89.8 cm³/mol. The minimum atomic E-state index is -0.0260. The van der Waals surface area contributed by atoms with Crippen molar-refractivity contribution in [2.24, 2.45) is 0 Å². The Balaban J connectivity index is 2.02. The van der Waals surface area contributed by atoms with Crippen LogP contribution in [0, 0.1) is 0 Å². The first-order chi connectivity index (χ1) is 9.79. The Kier molecular flexibility index (Phi) is 5.38. The maximum Gasteiger partial charge on any atom is 0.0600 e. The molecule has 0 aromatic carbocycles. The third-order valence-corrected chi connectivity index (χ3v) is 5.52. The molecule has 3 nitrogen and oxygen atoms in total. The number of nitrogens with one attached hydrogen (secondary N) is 1. The fraction of sp³-hybridized carbons (Fsp3) is 1.00. The van der Waals surface area contributed by atoms with Gasteiger partial charge < -0.3 is 10.1 Å². The number of rotatable bonds is 4. The topological polar surface area (TPSA) is 24.5 Å². The second kappa shape index (κ2) is 6.55. The second-order valence-corrected chi connectivity index (χ2v) is 8.44. The van der Waals surface area contributed by atoms with E-state index in [-0.39, 0.29) is 11.1 Å². The van der Waals surface area contributed by atoms with Crippen LogP contribution >= 0.6 is 0 Å². The summed E-state index contributed by atoms with van der Waals surface area (Å²) in [7, 11) is 0. The van der Waals surface area contributed by atoms with Crippen molar-refractivity contribution < 1.29 is 4.74 Å². The molecule has 21 heavy (non-hydrogen) atoms. The number of hydrogen-bond donors (Lipinski definition) is 1. The highest BCUT2D eigenvalue weighted by Crippen LogP contribution is 2.37. The van der Waals surface area contributed by atoms with Crippen molar-refractivity contribution in [3.05, 3.63) is 0 Å². The van der Waals surface area contributed by atoms with Gasteiger partial charge in [-0.05, 0) is 47.0 Å². The highest BCUT2D eigenvalue weighted by molar-refractivity contribution is 5.04. The van der Waals surface area contributed by atoms with Crippen LogP contribution < -0.4 is 5.32 Å². The summed E-state index contributed by atoms with van der Waals surface area (Å²) in [5.41, 5.74) is 0.639. The van der Waals surface area contributed by atoms with Gasteiger partial charge in [0.2, 0.25) is 0 Å². The molecule has 2 aliphatic rings. The van der Waals surface area contributed by atoms with E-state index in [1.165, 1.54) is 38.5 Å². The Bertz CT molecular complexity index is 331. The van der Waals surface area contributed by atoms with Crippen molar-refractivity contribution in [3.8, 4) is 0 Å². The zero-order chi connectivity index (χ0) is 15.6. The minimum Gasteiger partial charge on any atom is -0.375 e. The van der Waals surface area contributed by atoms with Gasteiger partial charge in [0.05, 0.1) is 12.2 Å². The van der Waals surface area contributed by atoms with E-state index >= 15 is 0 Å². The smallest absolute Gasteiger partial charge is 0.0600 e. The van der Waals surface area contributed by atoms with Crippen LogP contribution in [0.25, 0.3) is 0 Å². The summed E-state index contributed by atoms with van der Waals surface area (Å²) in [4.78, 5) is 2.76. The van der Waals surface area contributed by atoms with Crippen molar-refractivity contribution in [2.75, 3.05) is 26.2 Å². The third-order valence-electron chi connectivity index (χ3n) is 5.52. The van der Waals surface area contributed by atoms with E-state index < -0.39 is 0 Å². The normalized spacial score (nSPS) is 30.7. The first-order valence-corrected chi connectivity index (χ1v) is 8.93. The molecule has 1 heterocycles. The van der Waals surface area contributed by atoms with Gasteiger partial charge >= 0.3 is 0 Å². The van der Waals surface area contributed by atoms with Gasteiger partial charge in [-0.1, -0.05) is 26.2 Å². The molecule has 0 amide bonds. The van der Waals surface area contributed by atoms with Gasteiger partial charge in [-0.2, -0.15) is 0 Å². The van der Waals surface area contributed by atoms with E-state index in [1.807, 2.05) is 0 Å². The highest BCUT2D eigenvalue weighted by Gasteiger charge is 2.45. The predicted octanol–water partition coefficient (Wildman–Crippen LogP) is 3.58. The van der Waals surface area contributed by atoms with Crippen LogP contribution in [0.15, 0.2) is 0 Å². The van der Waals surface area contributed by atoms with Crippen LogP contribution in [0.2, 0.25) is 0 Å². The molecule has 1 unspecified atom stereocenters. The van der Waals surface area contributed by atoms with Crippen molar-refractivity contribution in [2.45, 2.75) is 89.8 Å². The van der Waals surface area contributed by atoms with Crippen molar-refractivity contribution in [1.29, 1.82) is 0 Å². The molecule has 0 radical (unpaired) electrons. The minimum absolute atomic E-state index is 0.0260. The summed E-state index contributed by atoms with van der Waals surface area (Å²) >= 11 is 0. The van der Waals surface area contributed by atoms with E-state index in [9.17, 15) is 0 Å². The van der Waals surface area contributed by atoms with Gasteiger partial charge in [0.15, 0.2) is 0 Å². The number of hydrogen-bond acceptors (Lipinski definition) is 3. The third kappa shape index (κ3) is 4.43. The molecule has 1 N–H and O–H groups in total. The van der Waals surface area contributed by atoms with E-state index in [0.29, 0.717) is 5.54 Å². The summed E-state index contributed by atoms with van der Waals surface area (Å²) in [6.45, 7) is 15.4. The summed E-state index contributed by atoms with van der Waals surface area (Å²) in [5.74, 6) is 0. The van der Waals surface area contributed by atoms with Crippen LogP contribution in [0.1, 0.15) is 73.1 Å². The van der Waals surface area contributed by atoms with Crippen LogP contribution in [-0.4, -0.2) is 47.8 Å². The van der Waals surface area contributed by atoms with Gasteiger partial charge in [-0.25, -0.2) is 0 Å². The number of nitrogens with zero attached hydrogens (tertiary/aromatic N) is 1. The van der Waals surface area contributed by atoms with Crippen molar-refractivity contribution in [1.82, 2.24) is 10.2 Å². The molecule has 1 spiro atoms. The standard InChI is InChI=1S/C18H36N2O/c1-6-17(5)15-20(12-13-21-16(2,3)4)18(14-19-17)10-8-7-9-11-18/h19H,6-15H2,1-5H3. The van der Waals surface area contributed by atoms with E-state index in [4.69, 9.17) is 4.74 Å². The maximum absolute atomic E-state index is 6.01. The molecule has 1 atom stereocenters. The Morgan fingerprint density at radius 2 is 1.81 bits per heavy atom. The van der Waals surface area contributed by atoms with E-state index in [0.717, 1.165) is 26.2 Å². The molecule has 0 bridgehead atoms. The maximum atomic E-state index is 6.01. The monoisotopic (exact) mass is 296 g/mol. The largest absolute Gasteiger partial charge is 0.375 e.